The van der Waals surface area contributed by atoms with E-state index in [9.17, 15) is 14.7 Å². The minimum atomic E-state index is -0.854. The normalized spacial score (nSPS) is 32.3. The van der Waals surface area contributed by atoms with E-state index in [0.717, 1.165) is 0 Å². The van der Waals surface area contributed by atoms with Gasteiger partial charge in [0.2, 0.25) is 0 Å². The van der Waals surface area contributed by atoms with Gasteiger partial charge in [0.1, 0.15) is 12.3 Å². The molecule has 0 saturated carbocycles. The van der Waals surface area contributed by atoms with Crippen molar-refractivity contribution in [2.24, 2.45) is 0 Å². The average molecular weight is 327 g/mol. The predicted molar refractivity (Wildman–Crippen MR) is 79.1 cm³/mol. The Bertz CT molecular complexity index is 671. The average Bonchev–Trinajstić information content (AvgIpc) is 2.89. The van der Waals surface area contributed by atoms with Gasteiger partial charge in [-0.3, -0.25) is 19.2 Å². The van der Waals surface area contributed by atoms with Crippen molar-refractivity contribution >= 4 is 0 Å². The van der Waals surface area contributed by atoms with Gasteiger partial charge >= 0.3 is 5.69 Å². The molecule has 1 aromatic rings. The van der Waals surface area contributed by atoms with Crippen LogP contribution in [0.3, 0.4) is 0 Å². The Labute approximate surface area is 132 Å². The van der Waals surface area contributed by atoms with Gasteiger partial charge in [0.05, 0.1) is 37.5 Å². The predicted octanol–water partition coefficient (Wildman–Crippen LogP) is -1.82. The second-order valence-electron chi connectivity index (χ2n) is 5.94. The molecule has 23 heavy (non-hydrogen) atoms. The lowest BCUT2D eigenvalue weighted by molar-refractivity contribution is -0.0463. The Hall–Kier alpha value is -1.52. The highest BCUT2D eigenvalue weighted by molar-refractivity contribution is 5.12. The molecule has 2 aliphatic rings. The minimum absolute atomic E-state index is 0.174. The molecule has 0 amide bonds. The summed E-state index contributed by atoms with van der Waals surface area (Å²) in [6.07, 6.45) is -0.669. The topological polar surface area (TPSA) is 117 Å². The summed E-state index contributed by atoms with van der Waals surface area (Å²) in [5.41, 5.74) is -0.642. The summed E-state index contributed by atoms with van der Waals surface area (Å²) in [5.74, 6) is 0. The number of likely N-dealkylation sites (N-methyl/N-ethyl adjacent to an activating group) is 1. The summed E-state index contributed by atoms with van der Waals surface area (Å²) in [5, 5.41) is 19.0. The summed E-state index contributed by atoms with van der Waals surface area (Å²) >= 11 is 0. The maximum atomic E-state index is 12.2. The first-order chi connectivity index (χ1) is 11.0. The van der Waals surface area contributed by atoms with Crippen LogP contribution in [-0.4, -0.2) is 70.3 Å². The molecule has 128 valence electrons. The molecule has 0 aromatic carbocycles. The number of aliphatic hydroxyl groups is 2. The standard InChI is InChI=1S/C14H21N3O6/c1-16-2-3-22-7-9(16)8-5-17(14(21)15-13(8)20)12-4-10(19)11(6-18)23-12/h5,9-12,18-19H,2-4,6-7H2,1H3,(H,15,20,21)/t9?,10-,11+,12+/m0/s1. The fraction of sp³-hybridized carbons (Fsp3) is 0.714. The van der Waals surface area contributed by atoms with Crippen molar-refractivity contribution in [3.8, 4) is 0 Å². The molecule has 3 heterocycles. The van der Waals surface area contributed by atoms with Crippen LogP contribution in [0.1, 0.15) is 24.3 Å². The zero-order chi connectivity index (χ0) is 16.6. The summed E-state index contributed by atoms with van der Waals surface area (Å²) in [7, 11) is 1.89. The highest BCUT2D eigenvalue weighted by atomic mass is 16.5. The highest BCUT2D eigenvalue weighted by Crippen LogP contribution is 2.28. The van der Waals surface area contributed by atoms with Gasteiger partial charge in [0.15, 0.2) is 0 Å². The van der Waals surface area contributed by atoms with Crippen LogP contribution in [0.2, 0.25) is 0 Å². The molecule has 0 bridgehead atoms. The Kier molecular flexibility index (Phi) is 4.64. The van der Waals surface area contributed by atoms with Crippen LogP contribution in [0, 0.1) is 0 Å². The maximum Gasteiger partial charge on any atom is 0.330 e. The molecule has 9 heteroatoms. The fourth-order valence-corrected chi connectivity index (χ4v) is 3.02. The van der Waals surface area contributed by atoms with Gasteiger partial charge in [0.25, 0.3) is 5.56 Å². The first-order valence-electron chi connectivity index (χ1n) is 7.59. The second-order valence-corrected chi connectivity index (χ2v) is 5.94. The molecule has 9 nitrogen and oxygen atoms in total. The van der Waals surface area contributed by atoms with E-state index in [0.29, 0.717) is 25.3 Å². The Morgan fingerprint density at radius 2 is 2.22 bits per heavy atom. The number of hydrogen-bond donors (Lipinski definition) is 3. The van der Waals surface area contributed by atoms with Crippen LogP contribution in [0.25, 0.3) is 0 Å². The number of aromatic nitrogens is 2. The molecule has 0 spiro atoms. The lowest BCUT2D eigenvalue weighted by Crippen LogP contribution is -2.42. The van der Waals surface area contributed by atoms with Crippen molar-refractivity contribution < 1.29 is 19.7 Å². The van der Waals surface area contributed by atoms with Gasteiger partial charge in [-0.25, -0.2) is 4.79 Å². The van der Waals surface area contributed by atoms with E-state index >= 15 is 0 Å². The molecule has 0 radical (unpaired) electrons. The number of H-pyrrole nitrogens is 1. The number of hydrogen-bond acceptors (Lipinski definition) is 7. The summed E-state index contributed by atoms with van der Waals surface area (Å²) in [6.45, 7) is 1.32. The summed E-state index contributed by atoms with van der Waals surface area (Å²) in [6, 6.07) is -0.251. The second kappa shape index (κ2) is 6.54. The van der Waals surface area contributed by atoms with Crippen LogP contribution in [-0.2, 0) is 9.47 Å². The van der Waals surface area contributed by atoms with Gasteiger partial charge in [-0.1, -0.05) is 0 Å². The number of morpholine rings is 1. The van der Waals surface area contributed by atoms with Crippen molar-refractivity contribution in [2.75, 3.05) is 33.4 Å². The third-order valence-corrected chi connectivity index (χ3v) is 4.44. The zero-order valence-electron chi connectivity index (χ0n) is 12.8. The minimum Gasteiger partial charge on any atom is -0.394 e. The van der Waals surface area contributed by atoms with Crippen molar-refractivity contribution in [1.82, 2.24) is 14.5 Å². The van der Waals surface area contributed by atoms with Crippen LogP contribution in [0.5, 0.6) is 0 Å². The lowest BCUT2D eigenvalue weighted by Gasteiger charge is -2.32. The lowest BCUT2D eigenvalue weighted by atomic mass is 10.1. The van der Waals surface area contributed by atoms with Crippen LogP contribution in [0.15, 0.2) is 15.8 Å². The Balaban J connectivity index is 1.94. The smallest absolute Gasteiger partial charge is 0.330 e. The molecule has 1 unspecified atom stereocenters. The van der Waals surface area contributed by atoms with Gasteiger partial charge < -0.3 is 19.7 Å². The molecule has 0 aliphatic carbocycles. The third kappa shape index (κ3) is 3.10. The number of rotatable bonds is 3. The Morgan fingerprint density at radius 1 is 1.43 bits per heavy atom. The van der Waals surface area contributed by atoms with Crippen molar-refractivity contribution in [3.63, 3.8) is 0 Å². The van der Waals surface area contributed by atoms with E-state index in [1.807, 2.05) is 11.9 Å². The molecule has 2 fully saturated rings. The van der Waals surface area contributed by atoms with E-state index in [4.69, 9.17) is 14.6 Å². The summed E-state index contributed by atoms with van der Waals surface area (Å²) in [4.78, 5) is 28.5. The maximum absolute atomic E-state index is 12.2. The van der Waals surface area contributed by atoms with Crippen molar-refractivity contribution in [3.05, 3.63) is 32.6 Å². The number of nitrogens with zero attached hydrogens (tertiary/aromatic N) is 2. The molecule has 3 N–H and O–H groups in total. The van der Waals surface area contributed by atoms with Gasteiger partial charge in [-0.2, -0.15) is 0 Å². The highest BCUT2D eigenvalue weighted by Gasteiger charge is 2.35. The number of aromatic amines is 1. The van der Waals surface area contributed by atoms with Crippen LogP contribution < -0.4 is 11.2 Å². The van der Waals surface area contributed by atoms with E-state index in [1.54, 1.807) is 0 Å². The van der Waals surface area contributed by atoms with E-state index in [1.165, 1.54) is 10.8 Å². The SMILES string of the molecule is CN1CCOCC1c1cn([C@H]2C[C@H](O)[C@@H](CO)O2)c(=O)[nH]c1=O. The van der Waals surface area contributed by atoms with E-state index in [-0.39, 0.29) is 19.1 Å². The largest absolute Gasteiger partial charge is 0.394 e. The quantitative estimate of drug-likeness (QED) is 0.598. The zero-order valence-corrected chi connectivity index (χ0v) is 12.8. The van der Waals surface area contributed by atoms with E-state index in [2.05, 4.69) is 4.98 Å². The fourth-order valence-electron chi connectivity index (χ4n) is 3.02. The molecular weight excluding hydrogens is 306 g/mol. The van der Waals surface area contributed by atoms with E-state index < -0.39 is 29.7 Å². The number of ether oxygens (including phenoxy) is 2. The monoisotopic (exact) mass is 327 g/mol. The molecule has 2 saturated heterocycles. The summed E-state index contributed by atoms with van der Waals surface area (Å²) < 4.78 is 12.2. The molecule has 4 atom stereocenters. The Morgan fingerprint density at radius 3 is 2.87 bits per heavy atom. The van der Waals surface area contributed by atoms with Crippen LogP contribution in [0.4, 0.5) is 0 Å². The number of nitrogens with one attached hydrogen (secondary N) is 1. The first-order valence-corrected chi connectivity index (χ1v) is 7.59. The van der Waals surface area contributed by atoms with Gasteiger partial charge in [-0.05, 0) is 7.05 Å². The van der Waals surface area contributed by atoms with Crippen LogP contribution >= 0.6 is 0 Å². The van der Waals surface area contributed by atoms with Gasteiger partial charge in [0, 0.05) is 19.2 Å². The molecule has 2 aliphatic heterocycles. The first kappa shape index (κ1) is 16.3. The third-order valence-electron chi connectivity index (χ3n) is 4.44. The van der Waals surface area contributed by atoms with Crippen molar-refractivity contribution in [1.29, 1.82) is 0 Å². The molecule has 3 rings (SSSR count). The van der Waals surface area contributed by atoms with Crippen molar-refractivity contribution in [2.45, 2.75) is 30.9 Å². The molecular formula is C14H21N3O6. The molecule has 1 aromatic heterocycles. The van der Waals surface area contributed by atoms with Gasteiger partial charge in [-0.15, -0.1) is 0 Å². The number of aliphatic hydroxyl groups excluding tert-OH is 2.